The van der Waals surface area contributed by atoms with E-state index in [2.05, 4.69) is 33.2 Å². The molecule has 1 saturated heterocycles. The molecule has 1 aliphatic heterocycles. The fourth-order valence-corrected chi connectivity index (χ4v) is 2.00. The molecule has 1 N–H and O–H groups in total. The van der Waals surface area contributed by atoms with E-state index in [-0.39, 0.29) is 0 Å². The lowest BCUT2D eigenvalue weighted by molar-refractivity contribution is 0.482. The maximum absolute atomic E-state index is 4.48. The number of hydrogen-bond acceptors (Lipinski definition) is 4. The zero-order valence-electron chi connectivity index (χ0n) is 9.62. The average Bonchev–Trinajstić information content (AvgIpc) is 2.16. The molecular formula is C11H18N4. The molecule has 0 radical (unpaired) electrons. The van der Waals surface area contributed by atoms with Gasteiger partial charge in [-0.15, -0.1) is 0 Å². The lowest BCUT2D eigenvalue weighted by Gasteiger charge is -2.32. The maximum Gasteiger partial charge on any atom is 0.132 e. The van der Waals surface area contributed by atoms with Gasteiger partial charge in [-0.1, -0.05) is 0 Å². The number of piperazine rings is 1. The Bertz CT molecular complexity index is 330. The molecule has 0 saturated carbocycles. The van der Waals surface area contributed by atoms with Crippen LogP contribution in [0.5, 0.6) is 0 Å². The Kier molecular flexibility index (Phi) is 2.86. The van der Waals surface area contributed by atoms with Gasteiger partial charge in [0, 0.05) is 37.4 Å². The molecule has 4 heteroatoms. The van der Waals surface area contributed by atoms with Crippen molar-refractivity contribution in [2.45, 2.75) is 26.8 Å². The van der Waals surface area contributed by atoms with Gasteiger partial charge in [0.2, 0.25) is 0 Å². The van der Waals surface area contributed by atoms with Crippen LogP contribution in [0.1, 0.15) is 18.4 Å². The predicted octanol–water partition coefficient (Wildman–Crippen LogP) is 0.892. The van der Waals surface area contributed by atoms with Gasteiger partial charge in [-0.2, -0.15) is 0 Å². The van der Waals surface area contributed by atoms with E-state index in [0.717, 1.165) is 37.0 Å². The minimum Gasteiger partial charge on any atom is -0.354 e. The molecule has 15 heavy (non-hydrogen) atoms. The van der Waals surface area contributed by atoms with Crippen LogP contribution in [0.2, 0.25) is 0 Å². The first-order valence-corrected chi connectivity index (χ1v) is 5.46. The van der Waals surface area contributed by atoms with E-state index >= 15 is 0 Å². The fraction of sp³-hybridized carbons (Fsp3) is 0.636. The molecule has 2 rings (SSSR count). The van der Waals surface area contributed by atoms with E-state index in [1.165, 1.54) is 0 Å². The van der Waals surface area contributed by atoms with E-state index in [1.54, 1.807) is 0 Å². The third-order valence-corrected chi connectivity index (χ3v) is 2.65. The van der Waals surface area contributed by atoms with Gasteiger partial charge in [-0.05, 0) is 20.8 Å². The Balaban J connectivity index is 2.20. The van der Waals surface area contributed by atoms with Gasteiger partial charge in [0.05, 0.1) is 0 Å². The molecule has 82 valence electrons. The first-order chi connectivity index (χ1) is 7.15. The van der Waals surface area contributed by atoms with Gasteiger partial charge in [0.25, 0.3) is 0 Å². The number of rotatable bonds is 1. The van der Waals surface area contributed by atoms with E-state index < -0.39 is 0 Å². The number of nitrogens with one attached hydrogen (secondary N) is 1. The van der Waals surface area contributed by atoms with Crippen LogP contribution in [0.3, 0.4) is 0 Å². The van der Waals surface area contributed by atoms with Crippen LogP contribution >= 0.6 is 0 Å². The second-order valence-electron chi connectivity index (χ2n) is 4.22. The molecule has 1 aliphatic rings. The summed E-state index contributed by atoms with van der Waals surface area (Å²) < 4.78 is 0. The second-order valence-corrected chi connectivity index (χ2v) is 4.22. The van der Waals surface area contributed by atoms with Gasteiger partial charge in [-0.25, -0.2) is 9.97 Å². The van der Waals surface area contributed by atoms with E-state index in [4.69, 9.17) is 0 Å². The summed E-state index contributed by atoms with van der Waals surface area (Å²) in [7, 11) is 0. The number of aryl methyl sites for hydroxylation is 2. The van der Waals surface area contributed by atoms with Gasteiger partial charge < -0.3 is 10.2 Å². The molecule has 4 nitrogen and oxygen atoms in total. The van der Waals surface area contributed by atoms with Crippen LogP contribution in [0.15, 0.2) is 6.07 Å². The summed E-state index contributed by atoms with van der Waals surface area (Å²) >= 11 is 0. The van der Waals surface area contributed by atoms with E-state index in [0.29, 0.717) is 6.04 Å². The molecule has 1 aromatic heterocycles. The van der Waals surface area contributed by atoms with Crippen molar-refractivity contribution in [1.29, 1.82) is 0 Å². The SMILES string of the molecule is Cc1cc(N2CCN[C@H](C)C2)nc(C)n1. The molecule has 0 aliphatic carbocycles. The number of aromatic nitrogens is 2. The Morgan fingerprint density at radius 2 is 2.20 bits per heavy atom. The third kappa shape index (κ3) is 2.45. The summed E-state index contributed by atoms with van der Waals surface area (Å²) in [4.78, 5) is 11.1. The molecule has 0 bridgehead atoms. The van der Waals surface area contributed by atoms with E-state index in [9.17, 15) is 0 Å². The van der Waals surface area contributed by atoms with Gasteiger partial charge in [-0.3, -0.25) is 0 Å². The zero-order valence-corrected chi connectivity index (χ0v) is 9.62. The van der Waals surface area contributed by atoms with Crippen molar-refractivity contribution in [2.24, 2.45) is 0 Å². The van der Waals surface area contributed by atoms with Crippen molar-refractivity contribution in [3.05, 3.63) is 17.6 Å². The Morgan fingerprint density at radius 1 is 1.40 bits per heavy atom. The summed E-state index contributed by atoms with van der Waals surface area (Å²) in [5.74, 6) is 1.92. The highest BCUT2D eigenvalue weighted by Crippen LogP contribution is 2.14. The monoisotopic (exact) mass is 206 g/mol. The third-order valence-electron chi connectivity index (χ3n) is 2.65. The number of hydrogen-bond donors (Lipinski definition) is 1. The topological polar surface area (TPSA) is 41.0 Å². The predicted molar refractivity (Wildman–Crippen MR) is 61.2 cm³/mol. The van der Waals surface area contributed by atoms with Crippen LogP contribution in [-0.2, 0) is 0 Å². The van der Waals surface area contributed by atoms with E-state index in [1.807, 2.05) is 13.8 Å². The molecule has 0 spiro atoms. The summed E-state index contributed by atoms with van der Waals surface area (Å²) in [6.07, 6.45) is 0. The highest BCUT2D eigenvalue weighted by atomic mass is 15.2. The summed E-state index contributed by atoms with van der Waals surface area (Å²) in [6, 6.07) is 2.60. The minimum absolute atomic E-state index is 0.536. The molecule has 0 amide bonds. The van der Waals surface area contributed by atoms with Crippen molar-refractivity contribution in [1.82, 2.24) is 15.3 Å². The summed E-state index contributed by atoms with van der Waals surface area (Å²) in [5, 5.41) is 3.43. The second kappa shape index (κ2) is 4.14. The normalized spacial score (nSPS) is 21.8. The quantitative estimate of drug-likeness (QED) is 0.741. The Labute approximate surface area is 90.7 Å². The van der Waals surface area contributed by atoms with Gasteiger partial charge in [0.1, 0.15) is 11.6 Å². The van der Waals surface area contributed by atoms with Crippen LogP contribution in [0.4, 0.5) is 5.82 Å². The number of nitrogens with zero attached hydrogens (tertiary/aromatic N) is 3. The van der Waals surface area contributed by atoms with Crippen LogP contribution in [0, 0.1) is 13.8 Å². The molecule has 1 aromatic rings. The van der Waals surface area contributed by atoms with Crippen molar-refractivity contribution in [3.63, 3.8) is 0 Å². The van der Waals surface area contributed by atoms with Crippen molar-refractivity contribution < 1.29 is 0 Å². The van der Waals surface area contributed by atoms with Crippen LogP contribution in [0.25, 0.3) is 0 Å². The molecule has 1 fully saturated rings. The van der Waals surface area contributed by atoms with Crippen LogP contribution < -0.4 is 10.2 Å². The lowest BCUT2D eigenvalue weighted by atomic mass is 10.2. The smallest absolute Gasteiger partial charge is 0.132 e. The molecule has 2 heterocycles. The molecule has 1 atom stereocenters. The Hall–Kier alpha value is -1.16. The zero-order chi connectivity index (χ0) is 10.8. The van der Waals surface area contributed by atoms with Crippen LogP contribution in [-0.4, -0.2) is 35.6 Å². The lowest BCUT2D eigenvalue weighted by Crippen LogP contribution is -2.49. The largest absolute Gasteiger partial charge is 0.354 e. The van der Waals surface area contributed by atoms with Gasteiger partial charge >= 0.3 is 0 Å². The molecule has 0 aromatic carbocycles. The fourth-order valence-electron chi connectivity index (χ4n) is 2.00. The first kappa shape index (κ1) is 10.4. The summed E-state index contributed by atoms with van der Waals surface area (Å²) in [5.41, 5.74) is 1.05. The minimum atomic E-state index is 0.536. The molecule has 0 unspecified atom stereocenters. The highest BCUT2D eigenvalue weighted by Gasteiger charge is 2.17. The van der Waals surface area contributed by atoms with Gasteiger partial charge in [0.15, 0.2) is 0 Å². The molecular weight excluding hydrogens is 188 g/mol. The van der Waals surface area contributed by atoms with Crippen molar-refractivity contribution >= 4 is 5.82 Å². The average molecular weight is 206 g/mol. The Morgan fingerprint density at radius 3 is 2.87 bits per heavy atom. The highest BCUT2D eigenvalue weighted by molar-refractivity contribution is 5.40. The van der Waals surface area contributed by atoms with Crippen molar-refractivity contribution in [3.8, 4) is 0 Å². The summed E-state index contributed by atoms with van der Waals surface area (Å²) in [6.45, 7) is 9.25. The number of anilines is 1. The first-order valence-electron chi connectivity index (χ1n) is 5.46. The standard InChI is InChI=1S/C11H18N4/c1-8-6-11(14-10(3)13-8)15-5-4-12-9(2)7-15/h6,9,12H,4-5,7H2,1-3H3/t9-/m1/s1. The maximum atomic E-state index is 4.48. The van der Waals surface area contributed by atoms with Crippen molar-refractivity contribution in [2.75, 3.05) is 24.5 Å².